The fourth-order valence-electron chi connectivity index (χ4n) is 2.97. The van der Waals surface area contributed by atoms with Gasteiger partial charge in [-0.15, -0.1) is 0 Å². The number of methoxy groups -OCH3 is 1. The Morgan fingerprint density at radius 3 is 2.30 bits per heavy atom. The van der Waals surface area contributed by atoms with Gasteiger partial charge in [0.2, 0.25) is 0 Å². The summed E-state index contributed by atoms with van der Waals surface area (Å²) < 4.78 is 34.2. The van der Waals surface area contributed by atoms with Gasteiger partial charge in [0.05, 0.1) is 7.11 Å². The number of aryl methyl sites for hydroxylation is 1. The van der Waals surface area contributed by atoms with Crippen LogP contribution in [0.5, 0.6) is 5.75 Å². The van der Waals surface area contributed by atoms with Crippen molar-refractivity contribution in [1.29, 1.82) is 0 Å². The second-order valence-electron chi connectivity index (χ2n) is 6.44. The zero-order valence-electron chi connectivity index (χ0n) is 14.4. The van der Waals surface area contributed by atoms with Crippen molar-refractivity contribution in [3.63, 3.8) is 0 Å². The monoisotopic (exact) mass is 318 g/mol. The lowest BCUT2D eigenvalue weighted by atomic mass is 9.90. The molecule has 0 N–H and O–H groups in total. The maximum absolute atomic E-state index is 14.8. The van der Waals surface area contributed by atoms with Crippen molar-refractivity contribution in [3.05, 3.63) is 64.2 Å². The molecule has 0 radical (unpaired) electrons. The van der Waals surface area contributed by atoms with E-state index >= 15 is 0 Å². The van der Waals surface area contributed by atoms with E-state index in [0.29, 0.717) is 28.9 Å². The highest BCUT2D eigenvalue weighted by Gasteiger charge is 2.20. The molecule has 0 aliphatic heterocycles. The lowest BCUT2D eigenvalue weighted by Crippen LogP contribution is -2.07. The van der Waals surface area contributed by atoms with E-state index in [0.717, 1.165) is 5.56 Å². The van der Waals surface area contributed by atoms with E-state index in [1.165, 1.54) is 6.07 Å². The molecule has 0 aromatic heterocycles. The quantitative estimate of drug-likeness (QED) is 0.682. The number of benzene rings is 2. The van der Waals surface area contributed by atoms with Crippen LogP contribution in [0.2, 0.25) is 0 Å². The Morgan fingerprint density at radius 1 is 1.04 bits per heavy atom. The minimum absolute atomic E-state index is 0.0244. The van der Waals surface area contributed by atoms with Gasteiger partial charge in [-0.1, -0.05) is 39.0 Å². The molecule has 2 aromatic carbocycles. The van der Waals surface area contributed by atoms with Crippen LogP contribution in [0, 0.1) is 18.6 Å². The fraction of sp³-hybridized carbons (Fsp3) is 0.400. The summed E-state index contributed by atoms with van der Waals surface area (Å²) >= 11 is 0. The SMILES string of the molecule is COc1ccc(CC(C)c2ccc(C)cc2F)c(F)c1C(C)C. The third kappa shape index (κ3) is 3.72. The van der Waals surface area contributed by atoms with Gasteiger partial charge in [-0.25, -0.2) is 8.78 Å². The minimum atomic E-state index is -0.237. The molecular formula is C20H24F2O. The van der Waals surface area contributed by atoms with Crippen molar-refractivity contribution >= 4 is 0 Å². The first-order valence-corrected chi connectivity index (χ1v) is 7.96. The van der Waals surface area contributed by atoms with Crippen molar-refractivity contribution in [2.75, 3.05) is 7.11 Å². The van der Waals surface area contributed by atoms with E-state index in [1.54, 1.807) is 25.3 Å². The smallest absolute Gasteiger partial charge is 0.133 e. The lowest BCUT2D eigenvalue weighted by Gasteiger charge is -2.18. The summed E-state index contributed by atoms with van der Waals surface area (Å²) in [4.78, 5) is 0. The molecule has 0 saturated heterocycles. The Bertz CT molecular complexity index is 692. The van der Waals surface area contributed by atoms with Crippen molar-refractivity contribution in [2.24, 2.45) is 0 Å². The summed E-state index contributed by atoms with van der Waals surface area (Å²) in [6, 6.07) is 8.74. The van der Waals surface area contributed by atoms with Crippen LogP contribution in [-0.4, -0.2) is 7.11 Å². The van der Waals surface area contributed by atoms with Gasteiger partial charge in [0.25, 0.3) is 0 Å². The molecular weight excluding hydrogens is 294 g/mol. The molecule has 23 heavy (non-hydrogen) atoms. The normalized spacial score (nSPS) is 12.5. The standard InChI is InChI=1S/C20H24F2O/c1-12(2)19-18(23-5)9-7-15(20(19)22)11-14(4)16-8-6-13(3)10-17(16)21/h6-10,12,14H,11H2,1-5H3. The second-order valence-corrected chi connectivity index (χ2v) is 6.44. The number of rotatable bonds is 5. The maximum Gasteiger partial charge on any atom is 0.133 e. The van der Waals surface area contributed by atoms with Crippen LogP contribution < -0.4 is 4.74 Å². The van der Waals surface area contributed by atoms with Crippen molar-refractivity contribution < 1.29 is 13.5 Å². The van der Waals surface area contributed by atoms with E-state index in [2.05, 4.69) is 0 Å². The third-order valence-corrected chi connectivity index (χ3v) is 4.23. The highest BCUT2D eigenvalue weighted by molar-refractivity contribution is 5.41. The first kappa shape index (κ1) is 17.5. The van der Waals surface area contributed by atoms with E-state index in [-0.39, 0.29) is 23.5 Å². The van der Waals surface area contributed by atoms with Gasteiger partial charge in [0, 0.05) is 5.56 Å². The zero-order chi connectivity index (χ0) is 17.1. The topological polar surface area (TPSA) is 9.23 Å². The van der Waals surface area contributed by atoms with Crippen LogP contribution >= 0.6 is 0 Å². The van der Waals surface area contributed by atoms with Gasteiger partial charge < -0.3 is 4.74 Å². The van der Waals surface area contributed by atoms with E-state index in [1.807, 2.05) is 33.8 Å². The van der Waals surface area contributed by atoms with E-state index in [9.17, 15) is 8.78 Å². The molecule has 0 saturated carbocycles. The molecule has 0 spiro atoms. The van der Waals surface area contributed by atoms with Gasteiger partial charge in [0.1, 0.15) is 17.4 Å². The molecule has 2 rings (SSSR count). The summed E-state index contributed by atoms with van der Waals surface area (Å²) in [5.74, 6) is 0.0273. The fourth-order valence-corrected chi connectivity index (χ4v) is 2.97. The summed E-state index contributed by atoms with van der Waals surface area (Å²) in [5, 5.41) is 0. The Hall–Kier alpha value is -1.90. The molecule has 0 bridgehead atoms. The number of halogens is 2. The number of hydrogen-bond acceptors (Lipinski definition) is 1. The molecule has 0 aliphatic carbocycles. The van der Waals surface area contributed by atoms with Gasteiger partial charge in [-0.05, 0) is 54.0 Å². The van der Waals surface area contributed by atoms with Crippen LogP contribution in [0.1, 0.15) is 54.9 Å². The van der Waals surface area contributed by atoms with Crippen LogP contribution in [0.25, 0.3) is 0 Å². The molecule has 1 unspecified atom stereocenters. The van der Waals surface area contributed by atoms with Gasteiger partial charge in [-0.2, -0.15) is 0 Å². The molecule has 3 heteroatoms. The average Bonchev–Trinajstić information content (AvgIpc) is 2.48. The Morgan fingerprint density at radius 2 is 1.74 bits per heavy atom. The summed E-state index contributed by atoms with van der Waals surface area (Å²) in [5.41, 5.74) is 2.69. The molecule has 0 amide bonds. The molecule has 0 fully saturated rings. The largest absolute Gasteiger partial charge is 0.496 e. The maximum atomic E-state index is 14.8. The zero-order valence-corrected chi connectivity index (χ0v) is 14.4. The Kier molecular flexibility index (Phi) is 5.40. The van der Waals surface area contributed by atoms with Crippen LogP contribution in [0.3, 0.4) is 0 Å². The van der Waals surface area contributed by atoms with Gasteiger partial charge in [-0.3, -0.25) is 0 Å². The van der Waals surface area contributed by atoms with E-state index in [4.69, 9.17) is 4.74 Å². The lowest BCUT2D eigenvalue weighted by molar-refractivity contribution is 0.400. The number of ether oxygens (including phenoxy) is 1. The van der Waals surface area contributed by atoms with Crippen LogP contribution in [0.15, 0.2) is 30.3 Å². The predicted molar refractivity (Wildman–Crippen MR) is 90.3 cm³/mol. The Labute approximate surface area is 137 Å². The van der Waals surface area contributed by atoms with Crippen molar-refractivity contribution in [3.8, 4) is 5.75 Å². The minimum Gasteiger partial charge on any atom is -0.496 e. The van der Waals surface area contributed by atoms with Gasteiger partial charge in [0.15, 0.2) is 0 Å². The van der Waals surface area contributed by atoms with Gasteiger partial charge >= 0.3 is 0 Å². The van der Waals surface area contributed by atoms with Crippen molar-refractivity contribution in [1.82, 2.24) is 0 Å². The molecule has 2 aromatic rings. The highest BCUT2D eigenvalue weighted by Crippen LogP contribution is 2.33. The second kappa shape index (κ2) is 7.12. The van der Waals surface area contributed by atoms with Crippen molar-refractivity contribution in [2.45, 2.75) is 46.0 Å². The van der Waals surface area contributed by atoms with Crippen LogP contribution in [0.4, 0.5) is 8.78 Å². The summed E-state index contributed by atoms with van der Waals surface area (Å²) in [6.45, 7) is 7.66. The summed E-state index contributed by atoms with van der Waals surface area (Å²) in [6.07, 6.45) is 0.454. The van der Waals surface area contributed by atoms with E-state index < -0.39 is 0 Å². The number of hydrogen-bond donors (Lipinski definition) is 0. The predicted octanol–water partition coefficient (Wildman–Crippen LogP) is 5.75. The summed E-state index contributed by atoms with van der Waals surface area (Å²) in [7, 11) is 1.55. The third-order valence-electron chi connectivity index (χ3n) is 4.23. The molecule has 1 atom stereocenters. The first-order chi connectivity index (χ1) is 10.8. The average molecular weight is 318 g/mol. The first-order valence-electron chi connectivity index (χ1n) is 7.96. The molecule has 0 aliphatic rings. The highest BCUT2D eigenvalue weighted by atomic mass is 19.1. The molecule has 0 heterocycles. The van der Waals surface area contributed by atoms with Crippen LogP contribution in [-0.2, 0) is 6.42 Å². The Balaban J connectivity index is 2.34. The molecule has 1 nitrogen and oxygen atoms in total. The molecule has 124 valence electrons.